The Hall–Kier alpha value is -3.26. The van der Waals surface area contributed by atoms with Gasteiger partial charge in [0.05, 0.1) is 0 Å². The van der Waals surface area contributed by atoms with E-state index < -0.39 is 11.6 Å². The van der Waals surface area contributed by atoms with Crippen LogP contribution in [-0.4, -0.2) is 11.6 Å². The lowest BCUT2D eigenvalue weighted by Crippen LogP contribution is -2.21. The van der Waals surface area contributed by atoms with Crippen molar-refractivity contribution in [2.75, 3.05) is 0 Å². The van der Waals surface area contributed by atoms with Gasteiger partial charge in [-0.25, -0.2) is 0 Å². The minimum Gasteiger partial charge on any atom is -0.285 e. The molecule has 4 aromatic carbocycles. The molecule has 0 heterocycles. The van der Waals surface area contributed by atoms with Crippen molar-refractivity contribution in [2.24, 2.45) is 0 Å². The fourth-order valence-electron chi connectivity index (χ4n) is 3.71. The lowest BCUT2D eigenvalue weighted by molar-refractivity contribution is 0.0816. The Bertz CT molecular complexity index is 1190. The van der Waals surface area contributed by atoms with Crippen LogP contribution in [0.2, 0.25) is 0 Å². The van der Waals surface area contributed by atoms with Gasteiger partial charge in [-0.05, 0) is 32.7 Å². The summed E-state index contributed by atoms with van der Waals surface area (Å²) in [4.78, 5) is 25.3. The Morgan fingerprint density at radius 2 is 1.17 bits per heavy atom. The Balaban J connectivity index is 1.97. The fourth-order valence-corrected chi connectivity index (χ4v) is 3.71. The molecule has 2 heteroatoms. The van der Waals surface area contributed by atoms with Gasteiger partial charge in [-0.1, -0.05) is 72.8 Å². The van der Waals surface area contributed by atoms with E-state index in [1.807, 2.05) is 48.5 Å². The van der Waals surface area contributed by atoms with Crippen LogP contribution in [0.4, 0.5) is 0 Å². The Labute approximate surface area is 138 Å². The molecule has 0 saturated heterocycles. The van der Waals surface area contributed by atoms with Gasteiger partial charge in [-0.3, -0.25) is 9.59 Å². The predicted molar refractivity (Wildman–Crippen MR) is 95.6 cm³/mol. The molecule has 24 heavy (non-hydrogen) atoms. The van der Waals surface area contributed by atoms with Gasteiger partial charge in [0.2, 0.25) is 11.6 Å². The zero-order chi connectivity index (χ0) is 16.3. The highest BCUT2D eigenvalue weighted by molar-refractivity contribution is 6.54. The molecule has 0 spiro atoms. The molecule has 0 amide bonds. The van der Waals surface area contributed by atoms with Crippen molar-refractivity contribution in [1.82, 2.24) is 0 Å². The maximum absolute atomic E-state index is 12.8. The highest BCUT2D eigenvalue weighted by atomic mass is 16.2. The Kier molecular flexibility index (Phi) is 2.54. The number of ketones is 2. The molecule has 0 fully saturated rings. The van der Waals surface area contributed by atoms with Crippen LogP contribution >= 0.6 is 0 Å². The first kappa shape index (κ1) is 13.2. The average molecular weight is 308 g/mol. The van der Waals surface area contributed by atoms with Crippen LogP contribution in [0.25, 0.3) is 32.7 Å². The molecule has 0 aromatic heterocycles. The van der Waals surface area contributed by atoms with E-state index in [1.165, 1.54) is 0 Å². The van der Waals surface area contributed by atoms with Crippen LogP contribution in [-0.2, 0) is 0 Å². The van der Waals surface area contributed by atoms with Gasteiger partial charge >= 0.3 is 0 Å². The number of hydrogen-bond donors (Lipinski definition) is 0. The van der Waals surface area contributed by atoms with Gasteiger partial charge in [0, 0.05) is 11.1 Å². The largest absolute Gasteiger partial charge is 0.285 e. The Morgan fingerprint density at radius 3 is 2.04 bits per heavy atom. The average Bonchev–Trinajstić information content (AvgIpc) is 2.65. The molecule has 0 aliphatic heterocycles. The zero-order valence-electron chi connectivity index (χ0n) is 12.7. The summed E-state index contributed by atoms with van der Waals surface area (Å²) in [6.45, 7) is 0. The van der Waals surface area contributed by atoms with Crippen LogP contribution in [0.3, 0.4) is 0 Å². The molecular weight excluding hydrogens is 296 g/mol. The SMILES string of the molecule is O=C1C(=O)c2c(ccc3c2ccc2ccccc23)-c2ccccc21. The molecule has 0 saturated carbocycles. The van der Waals surface area contributed by atoms with Gasteiger partial charge in [-0.2, -0.15) is 0 Å². The van der Waals surface area contributed by atoms with Crippen LogP contribution in [0.1, 0.15) is 20.7 Å². The van der Waals surface area contributed by atoms with Crippen molar-refractivity contribution in [3.05, 3.63) is 83.9 Å². The second-order valence-electron chi connectivity index (χ2n) is 6.07. The number of hydrogen-bond acceptors (Lipinski definition) is 2. The lowest BCUT2D eigenvalue weighted by atomic mass is 9.81. The quantitative estimate of drug-likeness (QED) is 0.337. The number of carbonyl (C=O) groups excluding carboxylic acids is 2. The molecule has 1 aliphatic rings. The van der Waals surface area contributed by atoms with Gasteiger partial charge in [0.15, 0.2) is 0 Å². The molecule has 0 radical (unpaired) electrons. The molecule has 0 unspecified atom stereocenters. The first-order chi connectivity index (χ1) is 11.8. The van der Waals surface area contributed by atoms with Crippen molar-refractivity contribution in [3.8, 4) is 11.1 Å². The third-order valence-corrected chi connectivity index (χ3v) is 4.82. The number of rotatable bonds is 0. The third kappa shape index (κ3) is 1.60. The molecule has 1 aliphatic carbocycles. The summed E-state index contributed by atoms with van der Waals surface area (Å²) in [7, 11) is 0. The molecule has 2 nitrogen and oxygen atoms in total. The van der Waals surface area contributed by atoms with Crippen LogP contribution in [0.15, 0.2) is 72.8 Å². The maximum atomic E-state index is 12.8. The topological polar surface area (TPSA) is 34.1 Å². The summed E-state index contributed by atoms with van der Waals surface area (Å²) in [5.74, 6) is -0.830. The molecule has 0 N–H and O–H groups in total. The molecular formula is C22H12O2. The van der Waals surface area contributed by atoms with Crippen LogP contribution < -0.4 is 0 Å². The minimum atomic E-state index is -0.418. The van der Waals surface area contributed by atoms with Crippen molar-refractivity contribution >= 4 is 33.1 Å². The molecule has 0 atom stereocenters. The van der Waals surface area contributed by atoms with Crippen molar-refractivity contribution < 1.29 is 9.59 Å². The second kappa shape index (κ2) is 4.62. The summed E-state index contributed by atoms with van der Waals surface area (Å²) in [5.41, 5.74) is 2.71. The highest BCUT2D eigenvalue weighted by Crippen LogP contribution is 2.39. The minimum absolute atomic E-state index is 0.412. The lowest BCUT2D eigenvalue weighted by Gasteiger charge is -2.20. The van der Waals surface area contributed by atoms with E-state index in [2.05, 4.69) is 12.1 Å². The smallest absolute Gasteiger partial charge is 0.234 e. The molecule has 0 bridgehead atoms. The van der Waals surface area contributed by atoms with Crippen LogP contribution in [0, 0.1) is 0 Å². The van der Waals surface area contributed by atoms with E-state index in [-0.39, 0.29) is 0 Å². The number of carbonyl (C=O) groups is 2. The Morgan fingerprint density at radius 1 is 0.458 bits per heavy atom. The normalized spacial score (nSPS) is 13.2. The first-order valence-corrected chi connectivity index (χ1v) is 7.88. The van der Waals surface area contributed by atoms with E-state index in [4.69, 9.17) is 0 Å². The molecule has 4 aromatic rings. The van der Waals surface area contributed by atoms with Crippen LogP contribution in [0.5, 0.6) is 0 Å². The molecule has 112 valence electrons. The third-order valence-electron chi connectivity index (χ3n) is 4.82. The summed E-state index contributed by atoms with van der Waals surface area (Å²) < 4.78 is 0. The summed E-state index contributed by atoms with van der Waals surface area (Å²) in [5, 5.41) is 4.07. The van der Waals surface area contributed by atoms with Gasteiger partial charge < -0.3 is 0 Å². The van der Waals surface area contributed by atoms with E-state index in [1.54, 1.807) is 12.1 Å². The van der Waals surface area contributed by atoms with E-state index in [9.17, 15) is 9.59 Å². The number of Topliss-reactive ketones (excluding diaryl/α,β-unsaturated/α-hetero) is 2. The second-order valence-corrected chi connectivity index (χ2v) is 6.07. The maximum Gasteiger partial charge on any atom is 0.234 e. The van der Waals surface area contributed by atoms with Gasteiger partial charge in [-0.15, -0.1) is 0 Å². The van der Waals surface area contributed by atoms with Crippen molar-refractivity contribution in [2.45, 2.75) is 0 Å². The van der Waals surface area contributed by atoms with Crippen molar-refractivity contribution in [1.29, 1.82) is 0 Å². The van der Waals surface area contributed by atoms with E-state index in [0.717, 1.165) is 32.7 Å². The zero-order valence-corrected chi connectivity index (χ0v) is 12.7. The fraction of sp³-hybridized carbons (Fsp3) is 0. The monoisotopic (exact) mass is 308 g/mol. The summed E-state index contributed by atoms with van der Waals surface area (Å²) >= 11 is 0. The van der Waals surface area contributed by atoms with E-state index in [0.29, 0.717) is 11.1 Å². The first-order valence-electron chi connectivity index (χ1n) is 7.88. The van der Waals surface area contributed by atoms with Crippen molar-refractivity contribution in [3.63, 3.8) is 0 Å². The van der Waals surface area contributed by atoms with Gasteiger partial charge in [0.1, 0.15) is 0 Å². The van der Waals surface area contributed by atoms with E-state index >= 15 is 0 Å². The summed E-state index contributed by atoms with van der Waals surface area (Å²) in [6.07, 6.45) is 0. The standard InChI is InChI=1S/C22H12O2/c23-21-19-8-4-3-7-15(19)18-12-11-16-14-6-2-1-5-13(14)9-10-17(16)20(18)22(21)24/h1-12H. The predicted octanol–water partition coefficient (Wildman–Crippen LogP) is 5.04. The number of benzene rings is 4. The number of fused-ring (bicyclic) bond motifs is 7. The molecule has 5 rings (SSSR count). The summed E-state index contributed by atoms with van der Waals surface area (Å²) in [6, 6.07) is 23.4. The van der Waals surface area contributed by atoms with Gasteiger partial charge in [0.25, 0.3) is 0 Å². The highest BCUT2D eigenvalue weighted by Gasteiger charge is 2.31.